The van der Waals surface area contributed by atoms with Crippen LogP contribution in [0.1, 0.15) is 322 Å². The van der Waals surface area contributed by atoms with Crippen LogP contribution in [0.2, 0.25) is 0 Å². The third-order valence-electron chi connectivity index (χ3n) is 16.9. The second-order valence-electron chi connectivity index (χ2n) is 27.7. The van der Waals surface area contributed by atoms with Crippen LogP contribution in [0.25, 0.3) is 0 Å². The molecule has 0 amide bonds. The molecule has 0 N–H and O–H groups in total. The Labute approximate surface area is 616 Å². The van der Waals surface area contributed by atoms with E-state index < -0.39 is 32.5 Å². The first-order valence-electron chi connectivity index (χ1n) is 40.5. The van der Waals surface area contributed by atoms with Gasteiger partial charge < -0.3 is 27.9 Å². The highest BCUT2D eigenvalue weighted by molar-refractivity contribution is 7.45. The molecule has 568 valence electrons. The molecule has 0 aliphatic rings. The molecule has 0 spiro atoms. The topological polar surface area (TPSA) is 111 Å². The molecule has 0 fully saturated rings. The normalized spacial score (nSPS) is 14.0. The van der Waals surface area contributed by atoms with Gasteiger partial charge in [-0.1, -0.05) is 350 Å². The lowest BCUT2D eigenvalue weighted by molar-refractivity contribution is -0.870. The molecule has 2 unspecified atom stereocenters. The van der Waals surface area contributed by atoms with Crippen LogP contribution in [0.15, 0.2) is 182 Å². The summed E-state index contributed by atoms with van der Waals surface area (Å²) in [7, 11) is 1.12. The Kier molecular flexibility index (Phi) is 74.4. The molecule has 0 aromatic rings. The predicted octanol–water partition coefficient (Wildman–Crippen LogP) is 26.8. The molecule has 0 aromatic carbocycles. The van der Waals surface area contributed by atoms with E-state index in [0.717, 1.165) is 122 Å². The number of unbranched alkanes of at least 4 members (excludes halogenated alkanes) is 29. The number of hydrogen-bond acceptors (Lipinski definition) is 8. The number of rotatable bonds is 73. The zero-order valence-corrected chi connectivity index (χ0v) is 65.7. The van der Waals surface area contributed by atoms with Gasteiger partial charge in [-0.3, -0.25) is 14.2 Å². The lowest BCUT2D eigenvalue weighted by atomic mass is 10.0. The Morgan fingerprint density at radius 1 is 0.320 bits per heavy atom. The van der Waals surface area contributed by atoms with Gasteiger partial charge in [-0.05, 0) is 141 Å². The minimum atomic E-state index is -4.67. The van der Waals surface area contributed by atoms with E-state index in [1.54, 1.807) is 0 Å². The van der Waals surface area contributed by atoms with Crippen molar-refractivity contribution in [1.29, 1.82) is 0 Å². The number of phosphoric ester groups is 1. The van der Waals surface area contributed by atoms with Crippen LogP contribution in [0.4, 0.5) is 0 Å². The molecule has 9 nitrogen and oxygen atoms in total. The molecule has 0 bridgehead atoms. The van der Waals surface area contributed by atoms with Crippen LogP contribution < -0.4 is 4.89 Å². The summed E-state index contributed by atoms with van der Waals surface area (Å²) in [5, 5.41) is 0. The number of allylic oxidation sites excluding steroid dienone is 30. The highest BCUT2D eigenvalue weighted by Gasteiger charge is 2.22. The molecule has 0 saturated heterocycles. The van der Waals surface area contributed by atoms with Crippen molar-refractivity contribution in [1.82, 2.24) is 0 Å². The third-order valence-corrected chi connectivity index (χ3v) is 17.9. The van der Waals surface area contributed by atoms with Crippen molar-refractivity contribution < 1.29 is 42.1 Å². The third kappa shape index (κ3) is 82.1. The SMILES string of the molecule is CC/C=C\C/C=C\C/C=C\C/C=C\C/C=C\C/C=C\C/C=C\C/C=C\C/C=C\C/C=C\C/C=C\C/C=C\CCCCC(=O)OC(COC(=O)CCCCCCCCCCCCCCCCCCCCCCCC/C=C\C/C=C\C/C=C\CCCCCCC)COP(=O)([O-])OCC[N+](C)(C)C. The summed E-state index contributed by atoms with van der Waals surface area (Å²) in [6, 6.07) is 0. The van der Waals surface area contributed by atoms with Gasteiger partial charge in [0, 0.05) is 12.8 Å². The van der Waals surface area contributed by atoms with E-state index >= 15 is 0 Å². The molecular weight excluding hydrogens is 1250 g/mol. The van der Waals surface area contributed by atoms with Crippen LogP contribution in [0.3, 0.4) is 0 Å². The van der Waals surface area contributed by atoms with E-state index in [2.05, 4.69) is 196 Å². The first kappa shape index (κ1) is 95.1. The second kappa shape index (κ2) is 78.3. The van der Waals surface area contributed by atoms with Gasteiger partial charge in [-0.2, -0.15) is 0 Å². The fraction of sp³-hybridized carbons (Fsp3) is 0.644. The Hall–Kier alpha value is -4.89. The van der Waals surface area contributed by atoms with Crippen LogP contribution >= 0.6 is 7.82 Å². The van der Waals surface area contributed by atoms with Gasteiger partial charge in [0.15, 0.2) is 6.10 Å². The zero-order valence-electron chi connectivity index (χ0n) is 64.8. The first-order valence-corrected chi connectivity index (χ1v) is 42.0. The fourth-order valence-corrected chi connectivity index (χ4v) is 11.5. The Bertz CT molecular complexity index is 2350. The van der Waals surface area contributed by atoms with Gasteiger partial charge >= 0.3 is 11.9 Å². The summed E-state index contributed by atoms with van der Waals surface area (Å²) in [5.74, 6) is -0.887. The van der Waals surface area contributed by atoms with Crippen LogP contribution in [-0.4, -0.2) is 70.0 Å². The number of likely N-dealkylation sites (N-methyl/N-ethyl adjacent to an activating group) is 1. The van der Waals surface area contributed by atoms with Gasteiger partial charge in [-0.15, -0.1) is 0 Å². The molecule has 0 saturated carbocycles. The molecule has 2 atom stereocenters. The van der Waals surface area contributed by atoms with Crippen molar-refractivity contribution in [3.05, 3.63) is 182 Å². The summed E-state index contributed by atoms with van der Waals surface area (Å²) in [4.78, 5) is 38.2. The minimum absolute atomic E-state index is 0.0474. The Morgan fingerprint density at radius 2 is 0.570 bits per heavy atom. The largest absolute Gasteiger partial charge is 0.756 e. The van der Waals surface area contributed by atoms with Gasteiger partial charge in [-0.25, -0.2) is 0 Å². The summed E-state index contributed by atoms with van der Waals surface area (Å²) >= 11 is 0. The zero-order chi connectivity index (χ0) is 72.5. The molecule has 10 heteroatoms. The monoisotopic (exact) mass is 1400 g/mol. The van der Waals surface area contributed by atoms with E-state index in [-0.39, 0.29) is 26.1 Å². The summed E-state index contributed by atoms with van der Waals surface area (Å²) in [6.07, 6.45) is 120. The van der Waals surface area contributed by atoms with Crippen LogP contribution in [0.5, 0.6) is 0 Å². The lowest BCUT2D eigenvalue weighted by Crippen LogP contribution is -2.37. The molecule has 0 radical (unpaired) electrons. The van der Waals surface area contributed by atoms with Gasteiger partial charge in [0.25, 0.3) is 7.82 Å². The van der Waals surface area contributed by atoms with Crippen molar-refractivity contribution in [3.63, 3.8) is 0 Å². The quantitative estimate of drug-likeness (QED) is 0.0195. The van der Waals surface area contributed by atoms with Crippen LogP contribution in [0, 0.1) is 0 Å². The molecular formula is C90H150NO8P. The fourth-order valence-electron chi connectivity index (χ4n) is 10.8. The van der Waals surface area contributed by atoms with Gasteiger partial charge in [0.05, 0.1) is 27.7 Å². The molecule has 0 aliphatic carbocycles. The molecule has 0 rings (SSSR count). The van der Waals surface area contributed by atoms with Gasteiger partial charge in [0.2, 0.25) is 0 Å². The molecule has 100 heavy (non-hydrogen) atoms. The minimum Gasteiger partial charge on any atom is -0.756 e. The maximum absolute atomic E-state index is 12.9. The number of esters is 2. The number of ether oxygens (including phenoxy) is 2. The number of nitrogens with zero attached hydrogens (tertiary/aromatic N) is 1. The number of carbonyl (C=O) groups excluding carboxylic acids is 2. The molecule has 0 aromatic heterocycles. The van der Waals surface area contributed by atoms with E-state index in [9.17, 15) is 19.0 Å². The van der Waals surface area contributed by atoms with Gasteiger partial charge in [0.1, 0.15) is 19.8 Å². The highest BCUT2D eigenvalue weighted by Crippen LogP contribution is 2.38. The number of quaternary nitrogens is 1. The molecule has 0 heterocycles. The van der Waals surface area contributed by atoms with Crippen molar-refractivity contribution in [3.8, 4) is 0 Å². The number of phosphoric acid groups is 1. The van der Waals surface area contributed by atoms with E-state index in [4.69, 9.17) is 18.5 Å². The maximum atomic E-state index is 12.9. The predicted molar refractivity (Wildman–Crippen MR) is 433 cm³/mol. The Morgan fingerprint density at radius 3 is 0.870 bits per heavy atom. The van der Waals surface area contributed by atoms with Crippen molar-refractivity contribution >= 4 is 19.8 Å². The number of carbonyl (C=O) groups is 2. The average molecular weight is 1410 g/mol. The maximum Gasteiger partial charge on any atom is 0.306 e. The van der Waals surface area contributed by atoms with E-state index in [0.29, 0.717) is 17.4 Å². The van der Waals surface area contributed by atoms with E-state index in [1.807, 2.05) is 21.1 Å². The average Bonchev–Trinajstić information content (AvgIpc) is 1.07. The first-order chi connectivity index (χ1) is 49.0. The lowest BCUT2D eigenvalue weighted by Gasteiger charge is -2.28. The standard InChI is InChI=1S/C90H150NO8P/c1-6-8-10-12-14-16-18-20-22-24-26-28-30-32-34-36-38-40-42-44-45-47-49-51-53-55-57-59-61-63-65-67-69-71-73-75-77-79-81-83-90(93)99-88(87-98-100(94,95)97-85-84-91(3,4)5)86-96-89(92)82-80-78-76-74-72-70-68-66-64-62-60-58-56-54-52-50-48-46-43-41-39-37-35-33-31-29-27-25-23-21-19-17-15-13-11-9-7-2/h8,10,14,16,19-22,25-28,31-34,38,40,44-45,49,51,55,57,61,63,67,69,73,75,88H,6-7,9,11-13,15,17-18,23-24,29-30,35-37,39,41-43,46-48,50,52-54,56,58-60,62,64-66,68,70-72,74,76-87H2,1-5H3/b10-8-,16-14-,21-19-,22-20-,27-25-,28-26-,33-31-,34-32-,40-38-,45-44-,51-49-,57-55-,63-61-,69-67-,75-73-. The van der Waals surface area contributed by atoms with Crippen molar-refractivity contribution in [2.24, 2.45) is 0 Å². The highest BCUT2D eigenvalue weighted by atomic mass is 31.2. The smallest absolute Gasteiger partial charge is 0.306 e. The summed E-state index contributed by atoms with van der Waals surface area (Å²) < 4.78 is 34.3. The van der Waals surface area contributed by atoms with E-state index in [1.165, 1.54) is 167 Å². The molecule has 0 aliphatic heterocycles. The summed E-state index contributed by atoms with van der Waals surface area (Å²) in [6.45, 7) is 4.07. The van der Waals surface area contributed by atoms with Crippen molar-refractivity contribution in [2.45, 2.75) is 328 Å². The van der Waals surface area contributed by atoms with Crippen molar-refractivity contribution in [2.75, 3.05) is 47.5 Å². The number of hydrogen-bond donors (Lipinski definition) is 0. The Balaban J connectivity index is 4.10. The second-order valence-corrected chi connectivity index (χ2v) is 29.1. The summed E-state index contributed by atoms with van der Waals surface area (Å²) in [5.41, 5.74) is 0. The van der Waals surface area contributed by atoms with Crippen LogP contribution in [-0.2, 0) is 32.7 Å².